The van der Waals surface area contributed by atoms with Crippen LogP contribution in [0.4, 0.5) is 0 Å². The van der Waals surface area contributed by atoms with E-state index in [2.05, 4.69) is 6.92 Å². The molecule has 3 fully saturated rings. The summed E-state index contributed by atoms with van der Waals surface area (Å²) in [6.45, 7) is 2.98. The molecule has 0 heterocycles. The summed E-state index contributed by atoms with van der Waals surface area (Å²) in [6, 6.07) is 0. The van der Waals surface area contributed by atoms with Crippen LogP contribution in [0, 0.1) is 23.2 Å². The molecule has 2 nitrogen and oxygen atoms in total. The van der Waals surface area contributed by atoms with Gasteiger partial charge in [-0.25, -0.2) is 0 Å². The number of aliphatic hydroxyl groups is 1. The molecule has 3 aliphatic rings. The van der Waals surface area contributed by atoms with Gasteiger partial charge in [0.25, 0.3) is 0 Å². The van der Waals surface area contributed by atoms with E-state index in [1.807, 2.05) is 0 Å². The molecule has 0 aromatic heterocycles. The molecule has 0 aliphatic heterocycles. The lowest BCUT2D eigenvalue weighted by Crippen LogP contribution is -2.54. The topological polar surface area (TPSA) is 46.2 Å². The van der Waals surface area contributed by atoms with E-state index in [1.54, 1.807) is 0 Å². The summed E-state index contributed by atoms with van der Waals surface area (Å²) in [5.41, 5.74) is 5.76. The van der Waals surface area contributed by atoms with Gasteiger partial charge in [-0.3, -0.25) is 0 Å². The molecular weight excluding hydrogens is 198 g/mol. The second-order valence-corrected chi connectivity index (χ2v) is 6.82. The molecule has 3 saturated carbocycles. The van der Waals surface area contributed by atoms with Crippen molar-refractivity contribution in [2.24, 2.45) is 28.9 Å². The molecule has 0 spiro atoms. The Labute approximate surface area is 98.6 Å². The molecule has 0 amide bonds. The van der Waals surface area contributed by atoms with Crippen molar-refractivity contribution >= 4 is 0 Å². The number of fused-ring (bicyclic) bond motifs is 2. The van der Waals surface area contributed by atoms with Gasteiger partial charge < -0.3 is 10.8 Å². The fourth-order valence-electron chi connectivity index (χ4n) is 5.17. The summed E-state index contributed by atoms with van der Waals surface area (Å²) in [5.74, 6) is 2.28. The first-order valence-electron chi connectivity index (χ1n) is 7.02. The molecule has 92 valence electrons. The molecule has 3 aliphatic carbocycles. The summed E-state index contributed by atoms with van der Waals surface area (Å²) < 4.78 is 0. The smallest absolute Gasteiger partial charge is 0.0721 e. The maximum atomic E-state index is 11.1. The fourth-order valence-corrected chi connectivity index (χ4v) is 5.17. The van der Waals surface area contributed by atoms with Gasteiger partial charge in [0.15, 0.2) is 0 Å². The molecule has 5 unspecified atom stereocenters. The highest BCUT2D eigenvalue weighted by molar-refractivity contribution is 5.12. The zero-order valence-corrected chi connectivity index (χ0v) is 10.4. The van der Waals surface area contributed by atoms with Gasteiger partial charge in [-0.05, 0) is 56.3 Å². The Kier molecular flexibility index (Phi) is 2.38. The van der Waals surface area contributed by atoms with Crippen LogP contribution in [0.25, 0.3) is 0 Å². The fraction of sp³-hybridized carbons (Fsp3) is 1.00. The maximum Gasteiger partial charge on any atom is 0.0721 e. The van der Waals surface area contributed by atoms with Gasteiger partial charge in [-0.2, -0.15) is 0 Å². The average molecular weight is 223 g/mol. The van der Waals surface area contributed by atoms with Crippen LogP contribution in [-0.4, -0.2) is 17.3 Å². The second-order valence-electron chi connectivity index (χ2n) is 6.82. The van der Waals surface area contributed by atoms with Crippen LogP contribution in [0.2, 0.25) is 0 Å². The molecule has 0 saturated heterocycles. The van der Waals surface area contributed by atoms with Crippen molar-refractivity contribution in [3.63, 3.8) is 0 Å². The molecule has 3 rings (SSSR count). The molecule has 3 N–H and O–H groups in total. The van der Waals surface area contributed by atoms with Crippen LogP contribution < -0.4 is 5.73 Å². The van der Waals surface area contributed by atoms with Gasteiger partial charge in [-0.15, -0.1) is 0 Å². The van der Waals surface area contributed by atoms with Gasteiger partial charge in [0.1, 0.15) is 0 Å². The monoisotopic (exact) mass is 223 g/mol. The molecule has 5 atom stereocenters. The molecule has 2 heteroatoms. The SMILES string of the molecule is CC1CCC(O)(C2(CN)CC3CCC2C3)C1. The number of hydrogen-bond acceptors (Lipinski definition) is 2. The van der Waals surface area contributed by atoms with Gasteiger partial charge in [0.2, 0.25) is 0 Å². The molecule has 0 aromatic carbocycles. The first-order chi connectivity index (χ1) is 7.60. The van der Waals surface area contributed by atoms with Gasteiger partial charge in [0, 0.05) is 12.0 Å². The summed E-state index contributed by atoms with van der Waals surface area (Å²) in [6.07, 6.45) is 8.43. The predicted octanol–water partition coefficient (Wildman–Crippen LogP) is 2.30. The first-order valence-corrected chi connectivity index (χ1v) is 7.02. The van der Waals surface area contributed by atoms with Crippen LogP contribution in [0.15, 0.2) is 0 Å². The van der Waals surface area contributed by atoms with Crippen LogP contribution in [-0.2, 0) is 0 Å². The number of hydrogen-bond donors (Lipinski definition) is 2. The predicted molar refractivity (Wildman–Crippen MR) is 64.9 cm³/mol. The second kappa shape index (κ2) is 3.46. The molecule has 2 bridgehead atoms. The van der Waals surface area contributed by atoms with E-state index in [4.69, 9.17) is 5.73 Å². The van der Waals surface area contributed by atoms with Gasteiger partial charge in [0.05, 0.1) is 5.60 Å². The lowest BCUT2D eigenvalue weighted by Gasteiger charge is -2.48. The average Bonchev–Trinajstić information content (AvgIpc) is 2.93. The van der Waals surface area contributed by atoms with Crippen LogP contribution in [0.5, 0.6) is 0 Å². The quantitative estimate of drug-likeness (QED) is 0.754. The van der Waals surface area contributed by atoms with E-state index in [0.717, 1.165) is 24.7 Å². The highest BCUT2D eigenvalue weighted by atomic mass is 16.3. The maximum absolute atomic E-state index is 11.1. The summed E-state index contributed by atoms with van der Waals surface area (Å²) in [4.78, 5) is 0. The lowest BCUT2D eigenvalue weighted by atomic mass is 9.61. The van der Waals surface area contributed by atoms with Crippen molar-refractivity contribution in [3.05, 3.63) is 0 Å². The Morgan fingerprint density at radius 3 is 2.50 bits per heavy atom. The molecule has 16 heavy (non-hydrogen) atoms. The minimum absolute atomic E-state index is 0.0840. The van der Waals surface area contributed by atoms with Gasteiger partial charge >= 0.3 is 0 Å². The summed E-state index contributed by atoms with van der Waals surface area (Å²) in [7, 11) is 0. The lowest BCUT2D eigenvalue weighted by molar-refractivity contribution is -0.107. The van der Waals surface area contributed by atoms with Crippen LogP contribution >= 0.6 is 0 Å². The minimum atomic E-state index is -0.430. The number of nitrogens with two attached hydrogens (primary N) is 1. The van der Waals surface area contributed by atoms with E-state index in [-0.39, 0.29) is 5.41 Å². The zero-order chi connectivity index (χ0) is 11.4. The Balaban J connectivity index is 1.91. The number of rotatable bonds is 2. The standard InChI is InChI=1S/C14H25NO/c1-10-4-5-14(16,7-10)13(9-15)8-11-2-3-12(13)6-11/h10-12,16H,2-9,15H2,1H3. The van der Waals surface area contributed by atoms with E-state index >= 15 is 0 Å². The Hall–Kier alpha value is -0.0800. The third kappa shape index (κ3) is 1.26. The zero-order valence-electron chi connectivity index (χ0n) is 10.4. The Bertz CT molecular complexity index is 292. The van der Waals surface area contributed by atoms with Crippen LogP contribution in [0.3, 0.4) is 0 Å². The van der Waals surface area contributed by atoms with E-state index in [9.17, 15) is 5.11 Å². The van der Waals surface area contributed by atoms with Crippen molar-refractivity contribution in [1.29, 1.82) is 0 Å². The van der Waals surface area contributed by atoms with E-state index in [1.165, 1.54) is 32.1 Å². The normalized spacial score (nSPS) is 56.1. The van der Waals surface area contributed by atoms with Crippen molar-refractivity contribution in [2.45, 2.75) is 57.5 Å². The van der Waals surface area contributed by atoms with Crippen molar-refractivity contribution in [3.8, 4) is 0 Å². The molecule has 0 radical (unpaired) electrons. The van der Waals surface area contributed by atoms with Gasteiger partial charge in [-0.1, -0.05) is 13.3 Å². The molecular formula is C14H25NO. The van der Waals surface area contributed by atoms with E-state index < -0.39 is 5.60 Å². The highest BCUT2D eigenvalue weighted by Gasteiger charge is 2.61. The summed E-state index contributed by atoms with van der Waals surface area (Å²) in [5, 5.41) is 11.1. The highest BCUT2D eigenvalue weighted by Crippen LogP contribution is 2.63. The third-order valence-corrected chi connectivity index (χ3v) is 6.00. The minimum Gasteiger partial charge on any atom is -0.389 e. The Morgan fingerprint density at radius 2 is 2.06 bits per heavy atom. The van der Waals surface area contributed by atoms with E-state index in [0.29, 0.717) is 12.5 Å². The largest absolute Gasteiger partial charge is 0.389 e. The van der Waals surface area contributed by atoms with Crippen molar-refractivity contribution < 1.29 is 5.11 Å². The Morgan fingerprint density at radius 1 is 1.25 bits per heavy atom. The third-order valence-electron chi connectivity index (χ3n) is 6.00. The summed E-state index contributed by atoms with van der Waals surface area (Å²) >= 11 is 0. The van der Waals surface area contributed by atoms with Crippen LogP contribution in [0.1, 0.15) is 51.9 Å². The van der Waals surface area contributed by atoms with Crippen molar-refractivity contribution in [2.75, 3.05) is 6.54 Å². The molecule has 0 aromatic rings. The first kappa shape index (κ1) is 11.0. The van der Waals surface area contributed by atoms with Crippen molar-refractivity contribution in [1.82, 2.24) is 0 Å².